The number of amides is 1. The maximum Gasteiger partial charge on any atom is 0.227 e. The molecule has 0 saturated carbocycles. The molecule has 1 unspecified atom stereocenters. The molecule has 1 amide bonds. The maximum atomic E-state index is 13.2. The van der Waals surface area contributed by atoms with Crippen LogP contribution < -0.4 is 5.32 Å². The molecule has 0 radical (unpaired) electrons. The highest BCUT2D eigenvalue weighted by molar-refractivity contribution is 5.94. The van der Waals surface area contributed by atoms with Crippen LogP contribution in [-0.4, -0.2) is 15.6 Å². The van der Waals surface area contributed by atoms with Gasteiger partial charge in [-0.15, -0.1) is 0 Å². The van der Waals surface area contributed by atoms with E-state index in [1.165, 1.54) is 18.2 Å². The molecule has 0 aliphatic heterocycles. The van der Waals surface area contributed by atoms with Crippen LogP contribution in [0.15, 0.2) is 54.7 Å². The van der Waals surface area contributed by atoms with Gasteiger partial charge in [-0.25, -0.2) is 4.39 Å². The minimum atomic E-state index is -1.04. The summed E-state index contributed by atoms with van der Waals surface area (Å²) in [6.07, 6.45) is 0.781. The Kier molecular flexibility index (Phi) is 4.12. The molecule has 0 fully saturated rings. The van der Waals surface area contributed by atoms with E-state index in [9.17, 15) is 14.3 Å². The third kappa shape index (κ3) is 3.40. The number of nitrogens with one attached hydrogen (secondary N) is 1. The number of aromatic nitrogens is 1. The van der Waals surface area contributed by atoms with Gasteiger partial charge in [0.05, 0.1) is 12.5 Å². The van der Waals surface area contributed by atoms with E-state index < -0.39 is 11.9 Å². The molecule has 0 aliphatic rings. The van der Waals surface area contributed by atoms with Crippen molar-refractivity contribution in [3.63, 3.8) is 0 Å². The Hall–Kier alpha value is -2.66. The summed E-state index contributed by atoms with van der Waals surface area (Å²) in [5.74, 6) is -0.758. The van der Waals surface area contributed by atoms with E-state index in [0.717, 1.165) is 10.9 Å². The SMILES string of the molecule is Cn1ccc2ccc(NC(=O)CC(O)c3cccc(F)c3)cc21. The Bertz CT molecular complexity index is 857. The average Bonchev–Trinajstić information content (AvgIpc) is 2.88. The quantitative estimate of drug-likeness (QED) is 0.776. The lowest BCUT2D eigenvalue weighted by atomic mass is 10.1. The Morgan fingerprint density at radius 2 is 2.09 bits per heavy atom. The summed E-state index contributed by atoms with van der Waals surface area (Å²) in [4.78, 5) is 12.1. The summed E-state index contributed by atoms with van der Waals surface area (Å²) in [6.45, 7) is 0. The first kappa shape index (κ1) is 15.2. The Balaban J connectivity index is 1.69. The molecule has 2 N–H and O–H groups in total. The molecule has 5 heteroatoms. The molecule has 0 aliphatic carbocycles. The third-order valence-electron chi connectivity index (χ3n) is 3.78. The number of rotatable bonds is 4. The average molecular weight is 312 g/mol. The minimum absolute atomic E-state index is 0.130. The van der Waals surface area contributed by atoms with Crippen molar-refractivity contribution in [2.75, 3.05) is 5.32 Å². The standard InChI is InChI=1S/C18H17FN2O2/c1-21-8-7-12-5-6-15(10-16(12)21)20-18(23)11-17(22)13-3-2-4-14(19)9-13/h2-10,17,22H,11H2,1H3,(H,20,23). The van der Waals surface area contributed by atoms with Gasteiger partial charge in [0.15, 0.2) is 0 Å². The molecule has 118 valence electrons. The van der Waals surface area contributed by atoms with E-state index in [0.29, 0.717) is 11.3 Å². The van der Waals surface area contributed by atoms with Gasteiger partial charge >= 0.3 is 0 Å². The van der Waals surface area contributed by atoms with Gasteiger partial charge in [-0.3, -0.25) is 4.79 Å². The van der Waals surface area contributed by atoms with Crippen LogP contribution in [0.3, 0.4) is 0 Å². The smallest absolute Gasteiger partial charge is 0.227 e. The number of aliphatic hydroxyl groups excluding tert-OH is 1. The van der Waals surface area contributed by atoms with Gasteiger partial charge in [-0.1, -0.05) is 18.2 Å². The first-order valence-electron chi connectivity index (χ1n) is 7.31. The largest absolute Gasteiger partial charge is 0.388 e. The van der Waals surface area contributed by atoms with Crippen molar-refractivity contribution in [2.24, 2.45) is 7.05 Å². The van der Waals surface area contributed by atoms with E-state index in [1.54, 1.807) is 6.07 Å². The number of nitrogens with zero attached hydrogens (tertiary/aromatic N) is 1. The number of benzene rings is 2. The maximum absolute atomic E-state index is 13.2. The Morgan fingerprint density at radius 1 is 1.26 bits per heavy atom. The van der Waals surface area contributed by atoms with Crippen LogP contribution in [0.1, 0.15) is 18.1 Å². The van der Waals surface area contributed by atoms with E-state index >= 15 is 0 Å². The number of hydrogen-bond donors (Lipinski definition) is 2. The summed E-state index contributed by atoms with van der Waals surface area (Å²) >= 11 is 0. The van der Waals surface area contributed by atoms with Crippen LogP contribution in [0, 0.1) is 5.82 Å². The number of halogens is 1. The third-order valence-corrected chi connectivity index (χ3v) is 3.78. The van der Waals surface area contributed by atoms with E-state index in [2.05, 4.69) is 5.32 Å². The zero-order valence-electron chi connectivity index (χ0n) is 12.7. The first-order chi connectivity index (χ1) is 11.0. The predicted molar refractivity (Wildman–Crippen MR) is 87.5 cm³/mol. The van der Waals surface area contributed by atoms with Crippen LogP contribution in [-0.2, 0) is 11.8 Å². The molecule has 1 aromatic heterocycles. The number of hydrogen-bond acceptors (Lipinski definition) is 2. The summed E-state index contributed by atoms with van der Waals surface area (Å²) in [6, 6.07) is 13.2. The molecule has 0 bridgehead atoms. The van der Waals surface area contributed by atoms with E-state index in [1.807, 2.05) is 42.1 Å². The van der Waals surface area contributed by atoms with Crippen molar-refractivity contribution in [1.29, 1.82) is 0 Å². The van der Waals surface area contributed by atoms with Gasteiger partial charge in [0.1, 0.15) is 5.82 Å². The zero-order chi connectivity index (χ0) is 16.4. The van der Waals surface area contributed by atoms with E-state index in [-0.39, 0.29) is 12.3 Å². The van der Waals surface area contributed by atoms with Crippen molar-refractivity contribution >= 4 is 22.5 Å². The number of carbonyl (C=O) groups excluding carboxylic acids is 1. The van der Waals surface area contributed by atoms with Gasteiger partial charge in [0.2, 0.25) is 5.91 Å². The Morgan fingerprint density at radius 3 is 2.87 bits per heavy atom. The number of fused-ring (bicyclic) bond motifs is 1. The number of aliphatic hydroxyl groups is 1. The summed E-state index contributed by atoms with van der Waals surface area (Å²) in [5, 5.41) is 13.9. The molecule has 1 heterocycles. The second-order valence-corrected chi connectivity index (χ2v) is 5.52. The van der Waals surface area contributed by atoms with Crippen molar-refractivity contribution < 1.29 is 14.3 Å². The summed E-state index contributed by atoms with van der Waals surface area (Å²) < 4.78 is 15.1. The van der Waals surface area contributed by atoms with Gasteiger partial charge in [-0.05, 0) is 41.3 Å². The van der Waals surface area contributed by atoms with E-state index in [4.69, 9.17) is 0 Å². The summed E-state index contributed by atoms with van der Waals surface area (Å²) in [7, 11) is 1.93. The van der Waals surface area contributed by atoms with Crippen molar-refractivity contribution in [3.05, 3.63) is 66.1 Å². The van der Waals surface area contributed by atoms with Crippen molar-refractivity contribution in [3.8, 4) is 0 Å². The second kappa shape index (κ2) is 6.22. The van der Waals surface area contributed by atoms with Crippen LogP contribution in [0.25, 0.3) is 10.9 Å². The molecule has 1 atom stereocenters. The topological polar surface area (TPSA) is 54.3 Å². The highest BCUT2D eigenvalue weighted by Gasteiger charge is 2.14. The summed E-state index contributed by atoms with van der Waals surface area (Å²) in [5.41, 5.74) is 2.06. The number of anilines is 1. The van der Waals surface area contributed by atoms with Crippen molar-refractivity contribution in [2.45, 2.75) is 12.5 Å². The molecule has 23 heavy (non-hydrogen) atoms. The molecule has 0 spiro atoms. The number of aryl methyl sites for hydroxylation is 1. The molecular weight excluding hydrogens is 295 g/mol. The lowest BCUT2D eigenvalue weighted by Gasteiger charge is -2.11. The monoisotopic (exact) mass is 312 g/mol. The predicted octanol–water partition coefficient (Wildman–Crippen LogP) is 3.38. The fourth-order valence-electron chi connectivity index (χ4n) is 2.56. The molecule has 3 aromatic rings. The Labute approximate surface area is 133 Å². The van der Waals surface area contributed by atoms with Crippen LogP contribution in [0.2, 0.25) is 0 Å². The van der Waals surface area contributed by atoms with Gasteiger partial charge in [0, 0.05) is 24.4 Å². The van der Waals surface area contributed by atoms with Crippen molar-refractivity contribution in [1.82, 2.24) is 4.57 Å². The second-order valence-electron chi connectivity index (χ2n) is 5.52. The lowest BCUT2D eigenvalue weighted by Crippen LogP contribution is -2.15. The fraction of sp³-hybridized carbons (Fsp3) is 0.167. The highest BCUT2D eigenvalue weighted by Crippen LogP contribution is 2.21. The first-order valence-corrected chi connectivity index (χ1v) is 7.31. The zero-order valence-corrected chi connectivity index (χ0v) is 12.7. The van der Waals surface area contributed by atoms with Gasteiger partial charge in [0.25, 0.3) is 0 Å². The molecule has 3 rings (SSSR count). The molecular formula is C18H17FN2O2. The van der Waals surface area contributed by atoms with Gasteiger partial charge in [-0.2, -0.15) is 0 Å². The van der Waals surface area contributed by atoms with Gasteiger partial charge < -0.3 is 15.0 Å². The van der Waals surface area contributed by atoms with Crippen LogP contribution in [0.4, 0.5) is 10.1 Å². The fourth-order valence-corrected chi connectivity index (χ4v) is 2.56. The minimum Gasteiger partial charge on any atom is -0.388 e. The van der Waals surface area contributed by atoms with Crippen LogP contribution >= 0.6 is 0 Å². The van der Waals surface area contributed by atoms with Crippen LogP contribution in [0.5, 0.6) is 0 Å². The molecule has 2 aromatic carbocycles. The molecule has 0 saturated heterocycles. The number of carbonyl (C=O) groups is 1. The normalized spacial score (nSPS) is 12.3. The highest BCUT2D eigenvalue weighted by atomic mass is 19.1. The molecule has 4 nitrogen and oxygen atoms in total. The lowest BCUT2D eigenvalue weighted by molar-refractivity contribution is -0.118.